The third-order valence-electron chi connectivity index (χ3n) is 4.84. The first-order valence-electron chi connectivity index (χ1n) is 8.26. The number of nitrogens with zero attached hydrogens (tertiary/aromatic N) is 4. The molecule has 1 N–H and O–H groups in total. The van der Waals surface area contributed by atoms with Crippen molar-refractivity contribution in [2.24, 2.45) is 13.0 Å². The molecule has 7 nitrogen and oxygen atoms in total. The van der Waals surface area contributed by atoms with Gasteiger partial charge in [-0.05, 0) is 37.9 Å². The summed E-state index contributed by atoms with van der Waals surface area (Å²) in [6.45, 7) is 1.89. The zero-order valence-corrected chi connectivity index (χ0v) is 14.0. The third kappa shape index (κ3) is 3.85. The Morgan fingerprint density at radius 3 is 2.72 bits per heavy atom. The molecule has 1 aliphatic rings. The van der Waals surface area contributed by atoms with E-state index in [1.54, 1.807) is 6.20 Å². The van der Waals surface area contributed by atoms with Crippen LogP contribution in [-0.2, 0) is 13.6 Å². The summed E-state index contributed by atoms with van der Waals surface area (Å²) in [7, 11) is 1.86. The van der Waals surface area contributed by atoms with Crippen LogP contribution in [0.1, 0.15) is 30.3 Å². The molecule has 134 valence electrons. The third-order valence-corrected chi connectivity index (χ3v) is 4.84. The minimum Gasteiger partial charge on any atom is -0.385 e. The van der Waals surface area contributed by atoms with Crippen LogP contribution in [0.3, 0.4) is 0 Å². The van der Waals surface area contributed by atoms with E-state index in [1.165, 1.54) is 12.1 Å². The molecule has 1 unspecified atom stereocenters. The van der Waals surface area contributed by atoms with Crippen LogP contribution in [0.15, 0.2) is 30.6 Å². The number of piperidine rings is 1. The monoisotopic (exact) mass is 348 g/mol. The number of hydrogen-bond donors (Lipinski definition) is 1. The van der Waals surface area contributed by atoms with Crippen LogP contribution < -0.4 is 0 Å². The van der Waals surface area contributed by atoms with Crippen molar-refractivity contribution in [3.8, 4) is 0 Å². The molecule has 1 aromatic heterocycles. The molecular weight excluding hydrogens is 327 g/mol. The maximum atomic E-state index is 14.0. The van der Waals surface area contributed by atoms with E-state index < -0.39 is 16.8 Å². The second-order valence-electron chi connectivity index (χ2n) is 6.49. The second kappa shape index (κ2) is 7.28. The molecule has 1 atom stereocenters. The summed E-state index contributed by atoms with van der Waals surface area (Å²) < 4.78 is 15.8. The van der Waals surface area contributed by atoms with Gasteiger partial charge in [0.15, 0.2) is 0 Å². The Balaban J connectivity index is 1.58. The number of halogens is 1. The van der Waals surface area contributed by atoms with E-state index in [2.05, 4.69) is 9.88 Å². The van der Waals surface area contributed by atoms with Gasteiger partial charge in [0.25, 0.3) is 5.69 Å². The van der Waals surface area contributed by atoms with Crippen molar-refractivity contribution in [2.45, 2.75) is 25.5 Å². The fourth-order valence-electron chi connectivity index (χ4n) is 3.32. The highest BCUT2D eigenvalue weighted by Crippen LogP contribution is 2.30. The molecule has 0 bridgehead atoms. The molecule has 3 rings (SSSR count). The Morgan fingerprint density at radius 1 is 1.44 bits per heavy atom. The SMILES string of the molecule is Cn1ccnc1C(O)C1CCN(Cc2ccc([N+](=O)[O-])cc2F)CC1. The number of aromatic nitrogens is 2. The van der Waals surface area contributed by atoms with E-state index in [-0.39, 0.29) is 11.6 Å². The number of nitro benzene ring substituents is 1. The molecule has 0 radical (unpaired) electrons. The number of aryl methyl sites for hydroxylation is 1. The molecule has 0 spiro atoms. The molecule has 1 aromatic carbocycles. The largest absolute Gasteiger partial charge is 0.385 e. The van der Waals surface area contributed by atoms with Crippen molar-refractivity contribution >= 4 is 5.69 Å². The van der Waals surface area contributed by atoms with Crippen molar-refractivity contribution < 1.29 is 14.4 Å². The summed E-state index contributed by atoms with van der Waals surface area (Å²) in [5.41, 5.74) is 0.215. The lowest BCUT2D eigenvalue weighted by Gasteiger charge is -2.34. The second-order valence-corrected chi connectivity index (χ2v) is 6.49. The number of imidazole rings is 1. The number of non-ortho nitro benzene ring substituents is 1. The average molecular weight is 348 g/mol. The summed E-state index contributed by atoms with van der Waals surface area (Å²) in [5.74, 6) is 0.239. The zero-order valence-electron chi connectivity index (χ0n) is 14.0. The number of rotatable bonds is 5. The smallest absolute Gasteiger partial charge is 0.272 e. The fourth-order valence-corrected chi connectivity index (χ4v) is 3.32. The number of likely N-dealkylation sites (tertiary alicyclic amines) is 1. The van der Waals surface area contributed by atoms with Gasteiger partial charge < -0.3 is 9.67 Å². The van der Waals surface area contributed by atoms with Crippen LogP contribution in [0.5, 0.6) is 0 Å². The first kappa shape index (κ1) is 17.5. The summed E-state index contributed by atoms with van der Waals surface area (Å²) in [4.78, 5) is 16.4. The van der Waals surface area contributed by atoms with Gasteiger partial charge in [-0.2, -0.15) is 0 Å². The Hall–Kier alpha value is -2.32. The number of aliphatic hydroxyl groups excluding tert-OH is 1. The first-order valence-corrected chi connectivity index (χ1v) is 8.26. The van der Waals surface area contributed by atoms with Gasteiger partial charge in [0.2, 0.25) is 0 Å². The number of aliphatic hydroxyl groups is 1. The van der Waals surface area contributed by atoms with Crippen molar-refractivity contribution in [1.82, 2.24) is 14.5 Å². The molecular formula is C17H21FN4O3. The fraction of sp³-hybridized carbons (Fsp3) is 0.471. The summed E-state index contributed by atoms with van der Waals surface area (Å²) in [5, 5.41) is 21.2. The number of hydrogen-bond acceptors (Lipinski definition) is 5. The van der Waals surface area contributed by atoms with Gasteiger partial charge in [-0.25, -0.2) is 9.37 Å². The Bertz CT molecular complexity index is 756. The molecule has 2 heterocycles. The number of nitro groups is 1. The van der Waals surface area contributed by atoms with Crippen LogP contribution in [0, 0.1) is 21.8 Å². The van der Waals surface area contributed by atoms with Crippen molar-refractivity contribution in [3.63, 3.8) is 0 Å². The zero-order chi connectivity index (χ0) is 18.0. The van der Waals surface area contributed by atoms with Gasteiger partial charge in [0.1, 0.15) is 17.7 Å². The number of benzene rings is 1. The lowest BCUT2D eigenvalue weighted by molar-refractivity contribution is -0.385. The lowest BCUT2D eigenvalue weighted by Crippen LogP contribution is -2.35. The highest BCUT2D eigenvalue weighted by Gasteiger charge is 2.28. The van der Waals surface area contributed by atoms with Crippen molar-refractivity contribution in [2.75, 3.05) is 13.1 Å². The molecule has 0 aliphatic carbocycles. The molecule has 0 amide bonds. The van der Waals surface area contributed by atoms with Gasteiger partial charge >= 0.3 is 0 Å². The van der Waals surface area contributed by atoms with E-state index >= 15 is 0 Å². The Kier molecular flexibility index (Phi) is 5.10. The summed E-state index contributed by atoms with van der Waals surface area (Å²) >= 11 is 0. The van der Waals surface area contributed by atoms with Crippen LogP contribution in [0.4, 0.5) is 10.1 Å². The van der Waals surface area contributed by atoms with Crippen LogP contribution in [0.2, 0.25) is 0 Å². The van der Waals surface area contributed by atoms with Gasteiger partial charge in [0, 0.05) is 37.6 Å². The predicted molar refractivity (Wildman–Crippen MR) is 89.2 cm³/mol. The molecule has 1 fully saturated rings. The van der Waals surface area contributed by atoms with Gasteiger partial charge in [-0.3, -0.25) is 15.0 Å². The Labute approximate surface area is 144 Å². The predicted octanol–water partition coefficient (Wildman–Crippen LogP) is 2.41. The van der Waals surface area contributed by atoms with E-state index in [1.807, 2.05) is 17.8 Å². The van der Waals surface area contributed by atoms with Gasteiger partial charge in [-0.15, -0.1) is 0 Å². The van der Waals surface area contributed by atoms with Crippen LogP contribution in [0.25, 0.3) is 0 Å². The topological polar surface area (TPSA) is 84.4 Å². The standard InChI is InChI=1S/C17H21FN4O3/c1-20-9-6-19-17(20)16(23)12-4-7-21(8-5-12)11-13-2-3-14(22(24)25)10-15(13)18/h2-3,6,9-10,12,16,23H,4-5,7-8,11H2,1H3. The highest BCUT2D eigenvalue weighted by atomic mass is 19.1. The maximum Gasteiger partial charge on any atom is 0.272 e. The van der Waals surface area contributed by atoms with E-state index in [4.69, 9.17) is 0 Å². The van der Waals surface area contributed by atoms with Gasteiger partial charge in [-0.1, -0.05) is 0 Å². The van der Waals surface area contributed by atoms with Crippen molar-refractivity contribution in [3.05, 3.63) is 57.9 Å². The molecule has 1 aliphatic heterocycles. The summed E-state index contributed by atoms with van der Waals surface area (Å²) in [6, 6.07) is 3.77. The minimum absolute atomic E-state index is 0.124. The Morgan fingerprint density at radius 2 is 2.16 bits per heavy atom. The first-order chi connectivity index (χ1) is 12.0. The quantitative estimate of drug-likeness (QED) is 0.663. The van der Waals surface area contributed by atoms with E-state index in [9.17, 15) is 19.6 Å². The lowest BCUT2D eigenvalue weighted by atomic mass is 9.90. The van der Waals surface area contributed by atoms with E-state index in [0.717, 1.165) is 32.0 Å². The maximum absolute atomic E-state index is 14.0. The van der Waals surface area contributed by atoms with Gasteiger partial charge in [0.05, 0.1) is 11.0 Å². The molecule has 8 heteroatoms. The normalized spacial score (nSPS) is 17.6. The molecule has 25 heavy (non-hydrogen) atoms. The van der Waals surface area contributed by atoms with E-state index in [0.29, 0.717) is 17.9 Å². The summed E-state index contributed by atoms with van der Waals surface area (Å²) in [6.07, 6.45) is 4.47. The van der Waals surface area contributed by atoms with Crippen LogP contribution >= 0.6 is 0 Å². The average Bonchev–Trinajstić information content (AvgIpc) is 3.02. The molecule has 1 saturated heterocycles. The van der Waals surface area contributed by atoms with Crippen LogP contribution in [-0.4, -0.2) is 37.6 Å². The molecule has 2 aromatic rings. The minimum atomic E-state index is -0.600. The molecule has 0 saturated carbocycles. The van der Waals surface area contributed by atoms with Crippen molar-refractivity contribution in [1.29, 1.82) is 0 Å². The highest BCUT2D eigenvalue weighted by molar-refractivity contribution is 5.34.